The number of methoxy groups -OCH3 is 1. The zero-order valence-electron chi connectivity index (χ0n) is 11.6. The van der Waals surface area contributed by atoms with Gasteiger partial charge in [-0.1, -0.05) is 13.3 Å². The smallest absolute Gasteiger partial charge is 0.251 e. The van der Waals surface area contributed by atoms with Crippen LogP contribution in [0, 0.1) is 0 Å². The molecule has 0 saturated heterocycles. The molecule has 0 aromatic heterocycles. The van der Waals surface area contributed by atoms with E-state index in [1.807, 2.05) is 6.92 Å². The van der Waals surface area contributed by atoms with Gasteiger partial charge in [-0.15, -0.1) is 0 Å². The van der Waals surface area contributed by atoms with Crippen LogP contribution in [-0.2, 0) is 4.74 Å². The number of fused-ring (bicyclic) bond motifs is 1. The molecular formula is C14H19NO5. The number of aliphatic hydroxyl groups excluding tert-OH is 1. The normalized spacial score (nSPS) is 15.8. The van der Waals surface area contributed by atoms with E-state index in [2.05, 4.69) is 5.32 Å². The number of hydrogen-bond acceptors (Lipinski definition) is 5. The largest absolute Gasteiger partial charge is 0.454 e. The standard InChI is InChI=1S/C14H19NO5/c1-3-4-10(14(17)18-2)15-13(16)9-5-6-11-12(7-9)20-8-19-11/h5-7,10,14,17H,3-4,8H2,1-2H3,(H,15,16). The van der Waals surface area contributed by atoms with Crippen LogP contribution in [-0.4, -0.2) is 37.2 Å². The van der Waals surface area contributed by atoms with Crippen LogP contribution in [0.25, 0.3) is 0 Å². The van der Waals surface area contributed by atoms with E-state index in [0.29, 0.717) is 23.5 Å². The molecule has 6 heteroatoms. The van der Waals surface area contributed by atoms with Crippen molar-refractivity contribution < 1.29 is 24.1 Å². The van der Waals surface area contributed by atoms with Gasteiger partial charge in [-0.05, 0) is 24.6 Å². The average molecular weight is 281 g/mol. The molecule has 6 nitrogen and oxygen atoms in total. The van der Waals surface area contributed by atoms with Gasteiger partial charge in [-0.2, -0.15) is 0 Å². The molecule has 1 aromatic carbocycles. The van der Waals surface area contributed by atoms with Crippen molar-refractivity contribution in [3.05, 3.63) is 23.8 Å². The van der Waals surface area contributed by atoms with Crippen molar-refractivity contribution in [2.24, 2.45) is 0 Å². The Balaban J connectivity index is 2.06. The molecule has 2 atom stereocenters. The van der Waals surface area contributed by atoms with Crippen molar-refractivity contribution >= 4 is 5.91 Å². The van der Waals surface area contributed by atoms with Gasteiger partial charge in [0, 0.05) is 12.7 Å². The molecule has 0 aliphatic carbocycles. The van der Waals surface area contributed by atoms with Crippen molar-refractivity contribution in [1.29, 1.82) is 0 Å². The molecule has 110 valence electrons. The van der Waals surface area contributed by atoms with Crippen molar-refractivity contribution in [3.63, 3.8) is 0 Å². The minimum Gasteiger partial charge on any atom is -0.454 e. The van der Waals surface area contributed by atoms with Crippen LogP contribution in [0.3, 0.4) is 0 Å². The Kier molecular flexibility index (Phi) is 4.81. The first-order valence-electron chi connectivity index (χ1n) is 6.57. The summed E-state index contributed by atoms with van der Waals surface area (Å²) in [6.45, 7) is 2.14. The van der Waals surface area contributed by atoms with E-state index < -0.39 is 12.3 Å². The molecular weight excluding hydrogens is 262 g/mol. The quantitative estimate of drug-likeness (QED) is 0.768. The minimum atomic E-state index is -1.02. The number of benzene rings is 1. The third-order valence-electron chi connectivity index (χ3n) is 3.14. The van der Waals surface area contributed by atoms with Crippen LogP contribution in [0.4, 0.5) is 0 Å². The third kappa shape index (κ3) is 3.20. The molecule has 1 aliphatic rings. The first kappa shape index (κ1) is 14.6. The number of hydrogen-bond donors (Lipinski definition) is 2. The van der Waals surface area contributed by atoms with Crippen LogP contribution in [0.2, 0.25) is 0 Å². The second-order valence-electron chi connectivity index (χ2n) is 4.56. The SMILES string of the molecule is CCCC(NC(=O)c1ccc2c(c1)OCO2)C(O)OC. The Morgan fingerprint density at radius 2 is 2.20 bits per heavy atom. The highest BCUT2D eigenvalue weighted by molar-refractivity contribution is 5.95. The fourth-order valence-electron chi connectivity index (χ4n) is 2.05. The highest BCUT2D eigenvalue weighted by Crippen LogP contribution is 2.32. The molecule has 2 rings (SSSR count). The van der Waals surface area contributed by atoms with Crippen LogP contribution in [0.1, 0.15) is 30.1 Å². The van der Waals surface area contributed by atoms with E-state index in [0.717, 1.165) is 6.42 Å². The molecule has 0 saturated carbocycles. The predicted octanol–water partition coefficient (Wildman–Crippen LogP) is 1.28. The molecule has 0 bridgehead atoms. The van der Waals surface area contributed by atoms with Gasteiger partial charge in [0.05, 0.1) is 6.04 Å². The Hall–Kier alpha value is -1.79. The van der Waals surface area contributed by atoms with Crippen LogP contribution >= 0.6 is 0 Å². The average Bonchev–Trinajstić information content (AvgIpc) is 2.93. The lowest BCUT2D eigenvalue weighted by molar-refractivity contribution is -0.0964. The second-order valence-corrected chi connectivity index (χ2v) is 4.56. The Morgan fingerprint density at radius 3 is 2.90 bits per heavy atom. The van der Waals surface area contributed by atoms with Gasteiger partial charge in [0.25, 0.3) is 5.91 Å². The summed E-state index contributed by atoms with van der Waals surface area (Å²) >= 11 is 0. The Bertz CT molecular complexity index is 477. The monoisotopic (exact) mass is 281 g/mol. The molecule has 2 unspecified atom stereocenters. The molecule has 1 heterocycles. The van der Waals surface area contributed by atoms with Gasteiger partial charge in [-0.3, -0.25) is 4.79 Å². The van der Waals surface area contributed by atoms with E-state index in [1.165, 1.54) is 7.11 Å². The number of amides is 1. The molecule has 0 spiro atoms. The Labute approximate surface area is 117 Å². The van der Waals surface area contributed by atoms with Crippen LogP contribution < -0.4 is 14.8 Å². The van der Waals surface area contributed by atoms with Gasteiger partial charge in [0.15, 0.2) is 17.8 Å². The van der Waals surface area contributed by atoms with E-state index in [-0.39, 0.29) is 12.7 Å². The first-order valence-corrected chi connectivity index (χ1v) is 6.57. The summed E-state index contributed by atoms with van der Waals surface area (Å²) in [5.41, 5.74) is 0.457. The summed E-state index contributed by atoms with van der Waals surface area (Å²) in [4.78, 5) is 12.2. The maximum atomic E-state index is 12.2. The van der Waals surface area contributed by atoms with Crippen molar-refractivity contribution in [2.45, 2.75) is 32.1 Å². The fourth-order valence-corrected chi connectivity index (χ4v) is 2.05. The summed E-state index contributed by atoms with van der Waals surface area (Å²) in [6, 6.07) is 4.53. The number of carbonyl (C=O) groups excluding carboxylic acids is 1. The van der Waals surface area contributed by atoms with Gasteiger partial charge in [0.2, 0.25) is 6.79 Å². The lowest BCUT2D eigenvalue weighted by Gasteiger charge is -2.22. The summed E-state index contributed by atoms with van der Waals surface area (Å²) in [5, 5.41) is 12.5. The molecule has 1 amide bonds. The van der Waals surface area contributed by atoms with Crippen LogP contribution in [0.15, 0.2) is 18.2 Å². The zero-order chi connectivity index (χ0) is 14.5. The highest BCUT2D eigenvalue weighted by Gasteiger charge is 2.22. The molecule has 0 radical (unpaired) electrons. The van der Waals surface area contributed by atoms with Gasteiger partial charge < -0.3 is 24.6 Å². The number of carbonyl (C=O) groups is 1. The molecule has 20 heavy (non-hydrogen) atoms. The van der Waals surface area contributed by atoms with Gasteiger partial charge in [0.1, 0.15) is 0 Å². The lowest BCUT2D eigenvalue weighted by Crippen LogP contribution is -2.44. The molecule has 1 aromatic rings. The number of ether oxygens (including phenoxy) is 3. The maximum Gasteiger partial charge on any atom is 0.251 e. The Morgan fingerprint density at radius 1 is 1.45 bits per heavy atom. The third-order valence-corrected chi connectivity index (χ3v) is 3.14. The van der Waals surface area contributed by atoms with E-state index in [1.54, 1.807) is 18.2 Å². The van der Waals surface area contributed by atoms with E-state index in [9.17, 15) is 9.90 Å². The first-order chi connectivity index (χ1) is 9.65. The summed E-state index contributed by atoms with van der Waals surface area (Å²) in [6.07, 6.45) is 0.436. The number of rotatable bonds is 6. The number of nitrogens with one attached hydrogen (secondary N) is 1. The predicted molar refractivity (Wildman–Crippen MR) is 71.7 cm³/mol. The summed E-state index contributed by atoms with van der Waals surface area (Å²) in [5.74, 6) is 0.901. The van der Waals surface area contributed by atoms with E-state index in [4.69, 9.17) is 14.2 Å². The van der Waals surface area contributed by atoms with Crippen molar-refractivity contribution in [2.75, 3.05) is 13.9 Å². The van der Waals surface area contributed by atoms with Crippen molar-refractivity contribution in [1.82, 2.24) is 5.32 Å². The molecule has 0 fully saturated rings. The van der Waals surface area contributed by atoms with Crippen LogP contribution in [0.5, 0.6) is 11.5 Å². The number of aliphatic hydroxyl groups is 1. The minimum absolute atomic E-state index is 0.168. The topological polar surface area (TPSA) is 77.0 Å². The fraction of sp³-hybridized carbons (Fsp3) is 0.500. The summed E-state index contributed by atoms with van der Waals surface area (Å²) < 4.78 is 15.3. The van der Waals surface area contributed by atoms with E-state index >= 15 is 0 Å². The molecule has 1 aliphatic heterocycles. The zero-order valence-corrected chi connectivity index (χ0v) is 11.6. The van der Waals surface area contributed by atoms with Crippen molar-refractivity contribution in [3.8, 4) is 11.5 Å². The lowest BCUT2D eigenvalue weighted by atomic mass is 10.1. The van der Waals surface area contributed by atoms with Gasteiger partial charge in [-0.25, -0.2) is 0 Å². The highest BCUT2D eigenvalue weighted by atomic mass is 16.7. The summed E-state index contributed by atoms with van der Waals surface area (Å²) in [7, 11) is 1.40. The maximum absolute atomic E-state index is 12.2. The molecule has 2 N–H and O–H groups in total. The van der Waals surface area contributed by atoms with Gasteiger partial charge >= 0.3 is 0 Å². The second kappa shape index (κ2) is 6.58.